The average Bonchev–Trinajstić information content (AvgIpc) is 2.87. The van der Waals surface area contributed by atoms with Crippen molar-refractivity contribution in [1.82, 2.24) is 20.0 Å². The largest absolute Gasteiger partial charge is 0.316 e. The number of nitrogens with one attached hydrogen (secondary N) is 1. The summed E-state index contributed by atoms with van der Waals surface area (Å²) in [4.78, 5) is 2.66. The topological polar surface area (TPSA) is 33.1 Å². The second-order valence-corrected chi connectivity index (χ2v) is 6.18. The van der Waals surface area contributed by atoms with Crippen LogP contribution in [0.25, 0.3) is 0 Å². The Morgan fingerprint density at radius 3 is 2.79 bits per heavy atom. The highest BCUT2D eigenvalue weighted by Crippen LogP contribution is 2.23. The summed E-state index contributed by atoms with van der Waals surface area (Å²) in [7, 11) is 0. The maximum absolute atomic E-state index is 4.56. The predicted octanol–water partition coefficient (Wildman–Crippen LogP) is 1.83. The van der Waals surface area contributed by atoms with Crippen LogP contribution in [0.2, 0.25) is 0 Å². The zero-order chi connectivity index (χ0) is 13.1. The summed E-state index contributed by atoms with van der Waals surface area (Å²) in [6.07, 6.45) is 7.40. The highest BCUT2D eigenvalue weighted by molar-refractivity contribution is 4.96. The lowest BCUT2D eigenvalue weighted by molar-refractivity contribution is 0.147. The molecule has 0 aromatic carbocycles. The number of likely N-dealkylation sites (tertiary alicyclic amines) is 1. The molecule has 0 saturated carbocycles. The number of piperidine rings is 2. The van der Waals surface area contributed by atoms with Crippen molar-refractivity contribution < 1.29 is 0 Å². The summed E-state index contributed by atoms with van der Waals surface area (Å²) >= 11 is 0. The molecule has 1 aromatic heterocycles. The number of hydrogen-bond acceptors (Lipinski definition) is 3. The van der Waals surface area contributed by atoms with Crippen LogP contribution in [0.4, 0.5) is 0 Å². The van der Waals surface area contributed by atoms with Gasteiger partial charge in [-0.05, 0) is 57.7 Å². The highest BCUT2D eigenvalue weighted by atomic mass is 15.3. The molecule has 2 aliphatic rings. The molecular formula is C15H26N4. The van der Waals surface area contributed by atoms with Crippen LogP contribution in [0.1, 0.15) is 37.4 Å². The summed E-state index contributed by atoms with van der Waals surface area (Å²) in [5.74, 6) is 0.872. The second-order valence-electron chi connectivity index (χ2n) is 6.18. The lowest BCUT2D eigenvalue weighted by Gasteiger charge is -2.35. The van der Waals surface area contributed by atoms with E-state index >= 15 is 0 Å². The molecule has 0 amide bonds. The summed E-state index contributed by atoms with van der Waals surface area (Å²) in [6, 6.07) is 2.73. The first-order chi connectivity index (χ1) is 9.31. The Balaban J connectivity index is 1.46. The smallest absolute Gasteiger partial charge is 0.0593 e. The molecule has 2 aliphatic heterocycles. The lowest BCUT2D eigenvalue weighted by Crippen LogP contribution is -2.42. The fraction of sp³-hybridized carbons (Fsp3) is 0.800. The summed E-state index contributed by atoms with van der Waals surface area (Å²) in [5, 5.41) is 8.08. The van der Waals surface area contributed by atoms with Crippen LogP contribution in [0.15, 0.2) is 12.3 Å². The molecule has 2 fully saturated rings. The molecule has 1 unspecified atom stereocenters. The molecule has 4 heteroatoms. The summed E-state index contributed by atoms with van der Waals surface area (Å²) < 4.78 is 2.18. The third kappa shape index (κ3) is 3.37. The molecular weight excluding hydrogens is 236 g/mol. The van der Waals surface area contributed by atoms with E-state index in [2.05, 4.69) is 39.2 Å². The zero-order valence-corrected chi connectivity index (χ0v) is 12.0. The first-order valence-corrected chi connectivity index (χ1v) is 7.76. The second kappa shape index (κ2) is 6.06. The number of hydrogen-bond donors (Lipinski definition) is 1. The number of aromatic nitrogens is 2. The first kappa shape index (κ1) is 13.1. The van der Waals surface area contributed by atoms with E-state index in [0.29, 0.717) is 6.04 Å². The molecule has 1 aromatic rings. The summed E-state index contributed by atoms with van der Waals surface area (Å²) in [6.45, 7) is 8.27. The maximum atomic E-state index is 4.56. The van der Waals surface area contributed by atoms with E-state index in [1.54, 1.807) is 0 Å². The Hall–Kier alpha value is -0.870. The molecule has 0 aliphatic carbocycles. The van der Waals surface area contributed by atoms with Crippen molar-refractivity contribution >= 4 is 0 Å². The molecule has 3 heterocycles. The molecule has 0 bridgehead atoms. The van der Waals surface area contributed by atoms with Gasteiger partial charge in [0.1, 0.15) is 0 Å². The summed E-state index contributed by atoms with van der Waals surface area (Å²) in [5.41, 5.74) is 1.13. The van der Waals surface area contributed by atoms with Crippen LogP contribution in [-0.4, -0.2) is 47.4 Å². The molecule has 1 N–H and O–H groups in total. The van der Waals surface area contributed by atoms with Crippen LogP contribution in [0.3, 0.4) is 0 Å². The van der Waals surface area contributed by atoms with Crippen LogP contribution in [-0.2, 0) is 0 Å². The van der Waals surface area contributed by atoms with Crippen LogP contribution >= 0.6 is 0 Å². The van der Waals surface area contributed by atoms with Crippen LogP contribution in [0.5, 0.6) is 0 Å². The van der Waals surface area contributed by atoms with E-state index in [-0.39, 0.29) is 0 Å². The van der Waals surface area contributed by atoms with Gasteiger partial charge in [-0.15, -0.1) is 0 Å². The van der Waals surface area contributed by atoms with Gasteiger partial charge in [0, 0.05) is 25.8 Å². The third-order valence-corrected chi connectivity index (χ3v) is 4.59. The van der Waals surface area contributed by atoms with E-state index in [0.717, 1.165) is 11.6 Å². The quantitative estimate of drug-likeness (QED) is 0.902. The van der Waals surface area contributed by atoms with Gasteiger partial charge in [-0.3, -0.25) is 4.68 Å². The standard InChI is InChI=1S/C15H26N4/c1-13-4-10-19(17-13)15-5-8-18(9-6-15)12-14-3-2-7-16-11-14/h4,10,14-16H,2-3,5-9,11-12H2,1H3. The molecule has 3 rings (SSSR count). The highest BCUT2D eigenvalue weighted by Gasteiger charge is 2.23. The van der Waals surface area contributed by atoms with Gasteiger partial charge in [0.25, 0.3) is 0 Å². The number of nitrogens with zero attached hydrogens (tertiary/aromatic N) is 3. The van der Waals surface area contributed by atoms with Crippen molar-refractivity contribution in [2.75, 3.05) is 32.7 Å². The van der Waals surface area contributed by atoms with Crippen molar-refractivity contribution in [3.63, 3.8) is 0 Å². The maximum Gasteiger partial charge on any atom is 0.0593 e. The number of rotatable bonds is 3. The SMILES string of the molecule is Cc1ccn(C2CCN(CC3CCCNC3)CC2)n1. The fourth-order valence-corrected chi connectivity index (χ4v) is 3.45. The number of aryl methyl sites for hydroxylation is 1. The van der Waals surface area contributed by atoms with E-state index in [4.69, 9.17) is 0 Å². The van der Waals surface area contributed by atoms with Gasteiger partial charge >= 0.3 is 0 Å². The molecule has 106 valence electrons. The van der Waals surface area contributed by atoms with Gasteiger partial charge in [-0.2, -0.15) is 5.10 Å². The normalized spacial score (nSPS) is 26.7. The Morgan fingerprint density at radius 1 is 1.32 bits per heavy atom. The molecule has 19 heavy (non-hydrogen) atoms. The molecule has 0 radical (unpaired) electrons. The van der Waals surface area contributed by atoms with Crippen molar-refractivity contribution in [3.8, 4) is 0 Å². The Bertz CT molecular complexity index is 387. The van der Waals surface area contributed by atoms with Crippen molar-refractivity contribution in [2.45, 2.75) is 38.6 Å². The Kier molecular flexibility index (Phi) is 4.18. The van der Waals surface area contributed by atoms with Crippen LogP contribution < -0.4 is 5.32 Å². The average molecular weight is 262 g/mol. The van der Waals surface area contributed by atoms with Gasteiger partial charge in [-0.1, -0.05) is 0 Å². The predicted molar refractivity (Wildman–Crippen MR) is 77.3 cm³/mol. The monoisotopic (exact) mass is 262 g/mol. The third-order valence-electron chi connectivity index (χ3n) is 4.59. The van der Waals surface area contributed by atoms with E-state index in [1.165, 1.54) is 58.4 Å². The minimum Gasteiger partial charge on any atom is -0.316 e. The van der Waals surface area contributed by atoms with Gasteiger partial charge in [-0.25, -0.2) is 0 Å². The Morgan fingerprint density at radius 2 is 2.16 bits per heavy atom. The lowest BCUT2D eigenvalue weighted by atomic mass is 9.97. The van der Waals surface area contributed by atoms with Gasteiger partial charge in [0.05, 0.1) is 11.7 Å². The minimum absolute atomic E-state index is 0.620. The van der Waals surface area contributed by atoms with Gasteiger partial charge < -0.3 is 10.2 Å². The van der Waals surface area contributed by atoms with Crippen molar-refractivity contribution in [1.29, 1.82) is 0 Å². The zero-order valence-electron chi connectivity index (χ0n) is 12.0. The van der Waals surface area contributed by atoms with E-state index in [1.807, 2.05) is 0 Å². The molecule has 1 atom stereocenters. The van der Waals surface area contributed by atoms with Crippen molar-refractivity contribution in [3.05, 3.63) is 18.0 Å². The molecule has 0 spiro atoms. The Labute approximate surface area is 116 Å². The molecule has 2 saturated heterocycles. The van der Waals surface area contributed by atoms with Gasteiger partial charge in [0.2, 0.25) is 0 Å². The van der Waals surface area contributed by atoms with E-state index in [9.17, 15) is 0 Å². The van der Waals surface area contributed by atoms with Crippen LogP contribution in [0, 0.1) is 12.8 Å². The fourth-order valence-electron chi connectivity index (χ4n) is 3.45. The first-order valence-electron chi connectivity index (χ1n) is 7.76. The van der Waals surface area contributed by atoms with Gasteiger partial charge in [0.15, 0.2) is 0 Å². The van der Waals surface area contributed by atoms with E-state index < -0.39 is 0 Å². The van der Waals surface area contributed by atoms with Crippen molar-refractivity contribution in [2.24, 2.45) is 5.92 Å². The molecule has 4 nitrogen and oxygen atoms in total. The minimum atomic E-state index is 0.620.